The van der Waals surface area contributed by atoms with Crippen molar-refractivity contribution < 1.29 is 18.7 Å². The lowest BCUT2D eigenvalue weighted by molar-refractivity contribution is -0.0109. The van der Waals surface area contributed by atoms with Gasteiger partial charge in [0.05, 0.1) is 6.54 Å². The summed E-state index contributed by atoms with van der Waals surface area (Å²) < 4.78 is 25.6. The number of carbonyl (C=O) groups is 1. The van der Waals surface area contributed by atoms with Crippen LogP contribution in [0.3, 0.4) is 0 Å². The van der Waals surface area contributed by atoms with Crippen molar-refractivity contribution in [1.82, 2.24) is 9.80 Å². The van der Waals surface area contributed by atoms with E-state index in [4.69, 9.17) is 5.11 Å². The van der Waals surface area contributed by atoms with E-state index in [1.54, 1.807) is 4.90 Å². The molecule has 0 unspecified atom stereocenters. The van der Waals surface area contributed by atoms with Gasteiger partial charge in [0, 0.05) is 33.1 Å². The van der Waals surface area contributed by atoms with Crippen molar-refractivity contribution in [3.05, 3.63) is 0 Å². The molecule has 1 amide bonds. The molecule has 2 aliphatic rings. The van der Waals surface area contributed by atoms with Crippen molar-refractivity contribution in [2.45, 2.75) is 12.8 Å². The van der Waals surface area contributed by atoms with Gasteiger partial charge in [0.1, 0.15) is 0 Å². The number of halogens is 2. The molecule has 0 aromatic heterocycles. The summed E-state index contributed by atoms with van der Waals surface area (Å²) >= 11 is 0. The van der Waals surface area contributed by atoms with Crippen LogP contribution in [0.25, 0.3) is 0 Å². The first-order valence-electron chi connectivity index (χ1n) is 5.43. The maximum absolute atomic E-state index is 12.8. The van der Waals surface area contributed by atoms with Crippen molar-refractivity contribution in [2.24, 2.45) is 11.8 Å². The zero-order valence-corrected chi connectivity index (χ0v) is 9.20. The van der Waals surface area contributed by atoms with Crippen LogP contribution < -0.4 is 0 Å². The predicted octanol–water partition coefficient (Wildman–Crippen LogP) is 1.18. The monoisotopic (exact) mass is 234 g/mol. The number of fused-ring (bicyclic) bond motifs is 1. The average molecular weight is 234 g/mol. The maximum Gasteiger partial charge on any atom is 0.407 e. The van der Waals surface area contributed by atoms with Gasteiger partial charge in [-0.1, -0.05) is 0 Å². The number of alkyl halides is 2. The molecule has 0 spiro atoms. The van der Waals surface area contributed by atoms with Gasteiger partial charge in [0.2, 0.25) is 0 Å². The van der Waals surface area contributed by atoms with Gasteiger partial charge in [-0.25, -0.2) is 13.6 Å². The number of hydrogen-bond donors (Lipinski definition) is 1. The quantitative estimate of drug-likeness (QED) is 0.780. The Hall–Kier alpha value is -0.910. The van der Waals surface area contributed by atoms with E-state index in [-0.39, 0.29) is 18.4 Å². The number of carboxylic acid groups (broad SMARTS) is 1. The van der Waals surface area contributed by atoms with E-state index in [0.29, 0.717) is 26.2 Å². The van der Waals surface area contributed by atoms with Crippen LogP contribution in [0.1, 0.15) is 6.92 Å². The predicted molar refractivity (Wildman–Crippen MR) is 53.6 cm³/mol. The first-order valence-corrected chi connectivity index (χ1v) is 5.43. The van der Waals surface area contributed by atoms with Crippen molar-refractivity contribution in [3.63, 3.8) is 0 Å². The van der Waals surface area contributed by atoms with Crippen LogP contribution in [0.2, 0.25) is 0 Å². The molecule has 0 aliphatic carbocycles. The van der Waals surface area contributed by atoms with Gasteiger partial charge < -0.3 is 10.0 Å². The molecule has 0 radical (unpaired) electrons. The summed E-state index contributed by atoms with van der Waals surface area (Å²) in [7, 11) is 0. The van der Waals surface area contributed by atoms with E-state index in [2.05, 4.69) is 0 Å². The molecule has 92 valence electrons. The Morgan fingerprint density at radius 2 is 1.81 bits per heavy atom. The minimum Gasteiger partial charge on any atom is -0.465 e. The molecule has 2 rings (SSSR count). The molecule has 0 bridgehead atoms. The van der Waals surface area contributed by atoms with Gasteiger partial charge in [-0.05, 0) is 11.8 Å². The summed E-state index contributed by atoms with van der Waals surface area (Å²) in [5.74, 6) is -2.19. The second-order valence-corrected chi connectivity index (χ2v) is 4.97. The summed E-state index contributed by atoms with van der Waals surface area (Å²) in [6, 6.07) is 0. The van der Waals surface area contributed by atoms with Gasteiger partial charge in [0.15, 0.2) is 0 Å². The van der Waals surface area contributed by atoms with Crippen LogP contribution in [-0.4, -0.2) is 59.6 Å². The lowest BCUT2D eigenvalue weighted by Crippen LogP contribution is -2.37. The molecule has 2 atom stereocenters. The molecule has 2 saturated heterocycles. The summed E-state index contributed by atoms with van der Waals surface area (Å²) in [4.78, 5) is 13.9. The molecule has 16 heavy (non-hydrogen) atoms. The van der Waals surface area contributed by atoms with Gasteiger partial charge in [-0.2, -0.15) is 0 Å². The summed E-state index contributed by atoms with van der Waals surface area (Å²) in [6.45, 7) is 2.88. The smallest absolute Gasteiger partial charge is 0.407 e. The largest absolute Gasteiger partial charge is 0.465 e. The second kappa shape index (κ2) is 3.84. The van der Waals surface area contributed by atoms with Crippen molar-refractivity contribution >= 4 is 6.09 Å². The molecule has 2 fully saturated rings. The normalized spacial score (nSPS) is 30.8. The van der Waals surface area contributed by atoms with Gasteiger partial charge in [-0.15, -0.1) is 0 Å². The van der Waals surface area contributed by atoms with E-state index < -0.39 is 12.0 Å². The molecule has 0 aromatic rings. The number of hydrogen-bond acceptors (Lipinski definition) is 2. The van der Waals surface area contributed by atoms with E-state index in [1.165, 1.54) is 4.90 Å². The number of rotatable bonds is 2. The molecule has 0 aromatic carbocycles. The fourth-order valence-electron chi connectivity index (χ4n) is 2.77. The number of likely N-dealkylation sites (tertiary alicyclic amines) is 2. The number of amides is 1. The highest BCUT2D eigenvalue weighted by molar-refractivity contribution is 5.65. The summed E-state index contributed by atoms with van der Waals surface area (Å²) in [5.41, 5.74) is 0. The molecule has 6 heteroatoms. The first kappa shape index (κ1) is 11.6. The highest BCUT2D eigenvalue weighted by Crippen LogP contribution is 2.32. The van der Waals surface area contributed by atoms with Crippen LogP contribution in [0, 0.1) is 11.8 Å². The molecule has 2 heterocycles. The van der Waals surface area contributed by atoms with Crippen LogP contribution in [0.4, 0.5) is 13.6 Å². The Morgan fingerprint density at radius 1 is 1.31 bits per heavy atom. The van der Waals surface area contributed by atoms with Gasteiger partial charge in [-0.3, -0.25) is 4.90 Å². The number of nitrogens with zero attached hydrogens (tertiary/aromatic N) is 2. The molecular weight excluding hydrogens is 218 g/mol. The minimum absolute atomic E-state index is 0.215. The Balaban J connectivity index is 1.87. The maximum atomic E-state index is 12.8. The van der Waals surface area contributed by atoms with Gasteiger partial charge >= 0.3 is 6.09 Å². The van der Waals surface area contributed by atoms with E-state index in [9.17, 15) is 13.6 Å². The third kappa shape index (κ3) is 2.42. The third-order valence-electron chi connectivity index (χ3n) is 3.33. The summed E-state index contributed by atoms with van der Waals surface area (Å²) in [6.07, 6.45) is -0.901. The Kier molecular flexibility index (Phi) is 2.77. The van der Waals surface area contributed by atoms with E-state index in [0.717, 1.165) is 6.92 Å². The molecule has 0 saturated carbocycles. The van der Waals surface area contributed by atoms with Crippen molar-refractivity contribution in [1.29, 1.82) is 0 Å². The highest BCUT2D eigenvalue weighted by Gasteiger charge is 2.43. The van der Waals surface area contributed by atoms with Crippen molar-refractivity contribution in [3.8, 4) is 0 Å². The Morgan fingerprint density at radius 3 is 2.19 bits per heavy atom. The van der Waals surface area contributed by atoms with Crippen LogP contribution in [0.15, 0.2) is 0 Å². The first-order chi connectivity index (χ1) is 7.35. The second-order valence-electron chi connectivity index (χ2n) is 4.97. The molecule has 4 nitrogen and oxygen atoms in total. The van der Waals surface area contributed by atoms with E-state index >= 15 is 0 Å². The molecular formula is C10H16F2N2O2. The van der Waals surface area contributed by atoms with Crippen LogP contribution in [0.5, 0.6) is 0 Å². The third-order valence-corrected chi connectivity index (χ3v) is 3.33. The lowest BCUT2D eigenvalue weighted by Gasteiger charge is -2.22. The Bertz CT molecular complexity index is 279. The zero-order chi connectivity index (χ0) is 11.9. The average Bonchev–Trinajstić information content (AvgIpc) is 2.56. The van der Waals surface area contributed by atoms with Crippen LogP contribution in [-0.2, 0) is 0 Å². The van der Waals surface area contributed by atoms with Crippen LogP contribution >= 0.6 is 0 Å². The molecule has 1 N–H and O–H groups in total. The van der Waals surface area contributed by atoms with E-state index in [1.807, 2.05) is 0 Å². The fourth-order valence-corrected chi connectivity index (χ4v) is 2.77. The standard InChI is InChI=1S/C10H16F2N2O2/c1-10(11,12)6-13-2-7-4-14(9(15)16)5-8(7)3-13/h7-8H,2-6H2,1H3,(H,15,16)/t7-,8+. The summed E-state index contributed by atoms with van der Waals surface area (Å²) in [5, 5.41) is 8.81. The van der Waals surface area contributed by atoms with Crippen molar-refractivity contribution in [2.75, 3.05) is 32.7 Å². The topological polar surface area (TPSA) is 43.8 Å². The molecule has 2 aliphatic heterocycles. The minimum atomic E-state index is -2.66. The Labute approximate surface area is 92.8 Å². The highest BCUT2D eigenvalue weighted by atomic mass is 19.3. The lowest BCUT2D eigenvalue weighted by atomic mass is 10.0. The SMILES string of the molecule is CC(F)(F)CN1C[C@@H]2CN(C(=O)O)C[C@@H]2C1. The van der Waals surface area contributed by atoms with Gasteiger partial charge in [0.25, 0.3) is 5.92 Å². The zero-order valence-electron chi connectivity index (χ0n) is 9.20. The fraction of sp³-hybridized carbons (Fsp3) is 0.900.